The van der Waals surface area contributed by atoms with Crippen LogP contribution in [0.5, 0.6) is 0 Å². The summed E-state index contributed by atoms with van der Waals surface area (Å²) in [5, 5.41) is 3.22. The second-order valence-corrected chi connectivity index (χ2v) is 11.4. The third-order valence-corrected chi connectivity index (χ3v) is 8.13. The third kappa shape index (κ3) is 6.63. The molecular weight excluding hydrogens is 470 g/mol. The Morgan fingerprint density at radius 3 is 2.66 bits per heavy atom. The van der Waals surface area contributed by atoms with Crippen LogP contribution in [0.1, 0.15) is 45.1 Å². The Bertz CT molecular complexity index is 1070. The maximum absolute atomic E-state index is 13.6. The molecule has 2 aliphatic rings. The highest BCUT2D eigenvalue weighted by Gasteiger charge is 2.38. The first-order chi connectivity index (χ1) is 16.5. The van der Waals surface area contributed by atoms with E-state index in [1.54, 1.807) is 6.07 Å². The topological polar surface area (TPSA) is 186 Å². The lowest BCUT2D eigenvalue weighted by Gasteiger charge is -2.38. The molecule has 0 aliphatic carbocycles. The largest absolute Gasteiger partial charge is 0.383 e. The molecule has 1 saturated heterocycles. The van der Waals surface area contributed by atoms with Crippen molar-refractivity contribution in [3.05, 3.63) is 23.8 Å². The Balaban J connectivity index is 1.88. The van der Waals surface area contributed by atoms with Gasteiger partial charge >= 0.3 is 0 Å². The van der Waals surface area contributed by atoms with Crippen LogP contribution < -0.4 is 27.2 Å². The number of rotatable bonds is 9. The summed E-state index contributed by atoms with van der Waals surface area (Å²) in [7, 11) is -4.07. The van der Waals surface area contributed by atoms with Gasteiger partial charge in [-0.2, -0.15) is 4.72 Å². The maximum Gasteiger partial charge on any atom is 0.243 e. The summed E-state index contributed by atoms with van der Waals surface area (Å²) >= 11 is 0. The molecule has 2 amide bonds. The number of nitrogens with one attached hydrogen (secondary N) is 2. The van der Waals surface area contributed by atoms with Gasteiger partial charge in [0.05, 0.1) is 5.69 Å². The van der Waals surface area contributed by atoms with Gasteiger partial charge in [-0.15, -0.1) is 0 Å². The first-order valence-electron chi connectivity index (χ1n) is 12.0. The van der Waals surface area contributed by atoms with Gasteiger partial charge in [0.1, 0.15) is 17.0 Å². The number of anilines is 1. The predicted molar refractivity (Wildman–Crippen MR) is 135 cm³/mol. The van der Waals surface area contributed by atoms with Gasteiger partial charge in [0.2, 0.25) is 21.8 Å². The number of amides is 2. The van der Waals surface area contributed by atoms with Gasteiger partial charge in [0.15, 0.2) is 5.96 Å². The normalized spacial score (nSPS) is 23.0. The van der Waals surface area contributed by atoms with E-state index in [-0.39, 0.29) is 29.7 Å². The van der Waals surface area contributed by atoms with Gasteiger partial charge in [-0.05, 0) is 55.6 Å². The van der Waals surface area contributed by atoms with E-state index in [0.29, 0.717) is 44.0 Å². The molecule has 2 heterocycles. The lowest BCUT2D eigenvalue weighted by Crippen LogP contribution is -2.57. The van der Waals surface area contributed by atoms with E-state index in [1.807, 2.05) is 13.0 Å². The fourth-order valence-corrected chi connectivity index (χ4v) is 6.21. The molecule has 35 heavy (non-hydrogen) atoms. The molecule has 1 aromatic rings. The molecule has 11 nitrogen and oxygen atoms in total. The minimum absolute atomic E-state index is 0.0801. The van der Waals surface area contributed by atoms with E-state index < -0.39 is 33.9 Å². The first-order valence-corrected chi connectivity index (χ1v) is 13.5. The van der Waals surface area contributed by atoms with Crippen molar-refractivity contribution in [1.29, 1.82) is 0 Å². The number of para-hydroxylation sites is 1. The van der Waals surface area contributed by atoms with Gasteiger partial charge in [0, 0.05) is 19.6 Å². The highest BCUT2D eigenvalue weighted by atomic mass is 32.2. The summed E-state index contributed by atoms with van der Waals surface area (Å²) in [4.78, 5) is 31.1. The molecule has 4 atom stereocenters. The number of nitrogens with two attached hydrogens (primary N) is 3. The van der Waals surface area contributed by atoms with Crippen molar-refractivity contribution in [3.63, 3.8) is 0 Å². The van der Waals surface area contributed by atoms with Crippen LogP contribution in [0.2, 0.25) is 0 Å². The van der Waals surface area contributed by atoms with E-state index in [4.69, 9.17) is 17.2 Å². The summed E-state index contributed by atoms with van der Waals surface area (Å²) in [6.07, 6.45) is 2.44. The molecule has 3 rings (SSSR count). The number of hydrogen-bond acceptors (Lipinski definition) is 6. The highest BCUT2D eigenvalue weighted by Crippen LogP contribution is 2.31. The lowest BCUT2D eigenvalue weighted by atomic mass is 9.91. The molecule has 0 spiro atoms. The number of piperidine rings is 1. The van der Waals surface area contributed by atoms with Crippen molar-refractivity contribution in [2.45, 2.75) is 62.9 Å². The first kappa shape index (κ1) is 26.7. The van der Waals surface area contributed by atoms with E-state index >= 15 is 0 Å². The average Bonchev–Trinajstić information content (AvgIpc) is 2.79. The second-order valence-electron chi connectivity index (χ2n) is 9.68. The Hall–Kier alpha value is -2.86. The zero-order chi connectivity index (χ0) is 25.8. The molecule has 12 heteroatoms. The molecule has 2 aliphatic heterocycles. The molecular formula is C23H37N7O4S. The monoisotopic (exact) mass is 507 g/mol. The number of carbonyl (C=O) groups is 2. The van der Waals surface area contributed by atoms with Crippen molar-refractivity contribution < 1.29 is 18.0 Å². The number of carbonyl (C=O) groups excluding carboxylic acids is 2. The fraction of sp³-hybridized carbons (Fsp3) is 0.609. The lowest BCUT2D eigenvalue weighted by molar-refractivity contribution is -0.143. The number of sulfonamides is 1. The quantitative estimate of drug-likeness (QED) is 0.178. The van der Waals surface area contributed by atoms with E-state index in [9.17, 15) is 18.0 Å². The van der Waals surface area contributed by atoms with Gasteiger partial charge in [0.25, 0.3) is 0 Å². The van der Waals surface area contributed by atoms with E-state index in [1.165, 1.54) is 11.0 Å². The molecule has 194 valence electrons. The zero-order valence-electron chi connectivity index (χ0n) is 20.4. The smallest absolute Gasteiger partial charge is 0.243 e. The molecule has 0 aromatic heterocycles. The van der Waals surface area contributed by atoms with Crippen LogP contribution in [0.25, 0.3) is 0 Å². The van der Waals surface area contributed by atoms with Gasteiger partial charge < -0.3 is 27.4 Å². The average molecular weight is 508 g/mol. The summed E-state index contributed by atoms with van der Waals surface area (Å²) in [5.41, 5.74) is 17.8. The van der Waals surface area contributed by atoms with Crippen LogP contribution in [0.4, 0.5) is 5.69 Å². The van der Waals surface area contributed by atoms with Crippen molar-refractivity contribution in [2.75, 3.05) is 25.0 Å². The van der Waals surface area contributed by atoms with Crippen molar-refractivity contribution in [3.8, 4) is 0 Å². The number of fused-ring (bicyclic) bond motifs is 1. The second kappa shape index (κ2) is 11.3. The van der Waals surface area contributed by atoms with Crippen LogP contribution in [0, 0.1) is 11.8 Å². The summed E-state index contributed by atoms with van der Waals surface area (Å²) in [6, 6.07) is 3.27. The summed E-state index contributed by atoms with van der Waals surface area (Å²) in [5.74, 6) is -0.533. The van der Waals surface area contributed by atoms with Crippen LogP contribution in [-0.2, 0) is 26.0 Å². The maximum atomic E-state index is 13.6. The molecule has 1 fully saturated rings. The van der Waals surface area contributed by atoms with Gasteiger partial charge in [-0.3, -0.25) is 14.6 Å². The number of aliphatic imine (C=N–C) groups is 1. The van der Waals surface area contributed by atoms with Crippen LogP contribution in [0.15, 0.2) is 28.1 Å². The number of hydrogen-bond donors (Lipinski definition) is 5. The Kier molecular flexibility index (Phi) is 8.60. The van der Waals surface area contributed by atoms with E-state index in [0.717, 1.165) is 12.0 Å². The molecule has 0 saturated carbocycles. The Morgan fingerprint density at radius 1 is 1.23 bits per heavy atom. The van der Waals surface area contributed by atoms with Crippen molar-refractivity contribution >= 4 is 33.5 Å². The molecule has 0 bridgehead atoms. The minimum Gasteiger partial charge on any atom is -0.383 e. The highest BCUT2D eigenvalue weighted by molar-refractivity contribution is 7.89. The molecule has 0 radical (unpaired) electrons. The summed E-state index contributed by atoms with van der Waals surface area (Å²) < 4.78 is 29.6. The summed E-state index contributed by atoms with van der Waals surface area (Å²) in [6.45, 7) is 5.33. The van der Waals surface area contributed by atoms with Crippen LogP contribution in [0.3, 0.4) is 0 Å². The molecule has 8 N–H and O–H groups in total. The Labute approximate surface area is 206 Å². The zero-order valence-corrected chi connectivity index (χ0v) is 21.2. The third-order valence-electron chi connectivity index (χ3n) is 6.61. The number of primary amides is 1. The van der Waals surface area contributed by atoms with Crippen LogP contribution in [-0.4, -0.2) is 62.8 Å². The molecule has 4 unspecified atom stereocenters. The van der Waals surface area contributed by atoms with Gasteiger partial charge in [-0.1, -0.05) is 26.0 Å². The number of guanidine groups is 1. The SMILES string of the molecule is CC1CNc2c(cccc2S(=O)(=O)NC(CCCN=C(N)N)C(=O)N2CCC(C)CC2C(N)=O)C1. The minimum atomic E-state index is -4.07. The van der Waals surface area contributed by atoms with Crippen LogP contribution >= 0.6 is 0 Å². The predicted octanol–water partition coefficient (Wildman–Crippen LogP) is 0.104. The van der Waals surface area contributed by atoms with Gasteiger partial charge in [-0.25, -0.2) is 8.42 Å². The van der Waals surface area contributed by atoms with Crippen molar-refractivity contribution in [1.82, 2.24) is 9.62 Å². The Morgan fingerprint density at radius 2 is 1.97 bits per heavy atom. The van der Waals surface area contributed by atoms with Crippen molar-refractivity contribution in [2.24, 2.45) is 34.0 Å². The number of benzene rings is 1. The fourth-order valence-electron chi connectivity index (χ4n) is 4.76. The standard InChI is InChI=1S/C23H37N7O4S/c1-14-8-10-30(18(12-14)21(24)31)22(32)17(6-4-9-27-23(25)26)29-35(33,34)19-7-3-5-16-11-15(2)13-28-20(16)19/h3,5,7,14-15,17-18,28-29H,4,6,8-13H2,1-2H3,(H2,24,31)(H4,25,26,27). The van der Waals surface area contributed by atoms with E-state index in [2.05, 4.69) is 22.0 Å². The molecule has 1 aromatic carbocycles. The number of likely N-dealkylation sites (tertiary alicyclic amines) is 1. The number of nitrogens with zero attached hydrogens (tertiary/aromatic N) is 2.